The molecule has 0 heterocycles. The lowest BCUT2D eigenvalue weighted by Gasteiger charge is -2.29. The molecule has 1 aliphatic carbocycles. The number of benzene rings is 1. The van der Waals surface area contributed by atoms with Crippen molar-refractivity contribution < 1.29 is 24.2 Å². The van der Waals surface area contributed by atoms with Crippen LogP contribution in [0.1, 0.15) is 51.0 Å². The number of carboxylic acids is 1. The van der Waals surface area contributed by atoms with E-state index in [0.717, 1.165) is 37.2 Å². The molecule has 1 fully saturated rings. The monoisotopic (exact) mass is 363 g/mol. The Balaban J connectivity index is 1.71. The molecular weight excluding hydrogens is 334 g/mol. The summed E-state index contributed by atoms with van der Waals surface area (Å²) in [7, 11) is 0. The van der Waals surface area contributed by atoms with Gasteiger partial charge < -0.3 is 19.9 Å². The van der Waals surface area contributed by atoms with Gasteiger partial charge in [0.1, 0.15) is 6.61 Å². The normalized spacial score (nSPS) is 21.0. The van der Waals surface area contributed by atoms with E-state index in [1.165, 1.54) is 12.8 Å². The number of carbonyl (C=O) groups excluding carboxylic acids is 1. The zero-order valence-electron chi connectivity index (χ0n) is 15.4. The van der Waals surface area contributed by atoms with Gasteiger partial charge in [0.25, 0.3) is 0 Å². The highest BCUT2D eigenvalue weighted by molar-refractivity contribution is 5.80. The van der Waals surface area contributed by atoms with Gasteiger partial charge in [-0.05, 0) is 37.2 Å². The molecule has 2 N–H and O–H groups in total. The summed E-state index contributed by atoms with van der Waals surface area (Å²) in [5.74, 6) is -0.359. The Morgan fingerprint density at radius 3 is 2.50 bits per heavy atom. The molecule has 144 valence electrons. The molecular formula is C20H29NO5. The van der Waals surface area contributed by atoms with Crippen LogP contribution in [0.5, 0.6) is 0 Å². The van der Waals surface area contributed by atoms with E-state index in [-0.39, 0.29) is 19.3 Å². The molecule has 6 nitrogen and oxygen atoms in total. The number of hydrogen-bond acceptors (Lipinski definition) is 4. The van der Waals surface area contributed by atoms with Crippen LogP contribution in [-0.4, -0.2) is 35.9 Å². The minimum absolute atomic E-state index is 0.0428. The van der Waals surface area contributed by atoms with Gasteiger partial charge in [0.2, 0.25) is 0 Å². The van der Waals surface area contributed by atoms with Gasteiger partial charge >= 0.3 is 12.1 Å². The summed E-state index contributed by atoms with van der Waals surface area (Å²) < 4.78 is 10.8. The Bertz CT molecular complexity index is 555. The fourth-order valence-corrected chi connectivity index (χ4v) is 3.31. The fourth-order valence-electron chi connectivity index (χ4n) is 3.31. The Morgan fingerprint density at radius 1 is 1.19 bits per heavy atom. The number of rotatable bonds is 9. The van der Waals surface area contributed by atoms with Crippen LogP contribution in [0.4, 0.5) is 4.79 Å². The van der Waals surface area contributed by atoms with Crippen LogP contribution in [0.15, 0.2) is 30.3 Å². The van der Waals surface area contributed by atoms with Crippen LogP contribution in [0.25, 0.3) is 0 Å². The van der Waals surface area contributed by atoms with Crippen molar-refractivity contribution in [3.63, 3.8) is 0 Å². The fraction of sp³-hybridized carbons (Fsp3) is 0.600. The second-order valence-electron chi connectivity index (χ2n) is 6.86. The topological polar surface area (TPSA) is 84.9 Å². The number of alkyl carbamates (subject to hydrolysis) is 1. The Kier molecular flexibility index (Phi) is 8.41. The molecule has 1 aromatic rings. The van der Waals surface area contributed by atoms with Gasteiger partial charge in [-0.25, -0.2) is 9.59 Å². The zero-order chi connectivity index (χ0) is 18.8. The first-order valence-corrected chi connectivity index (χ1v) is 9.40. The van der Waals surface area contributed by atoms with Crippen molar-refractivity contribution in [2.75, 3.05) is 6.61 Å². The Hall–Kier alpha value is -2.08. The highest BCUT2D eigenvalue weighted by Gasteiger charge is 2.25. The molecule has 0 aromatic heterocycles. The van der Waals surface area contributed by atoms with Crippen molar-refractivity contribution in [1.29, 1.82) is 0 Å². The van der Waals surface area contributed by atoms with Crippen molar-refractivity contribution >= 4 is 12.1 Å². The van der Waals surface area contributed by atoms with Crippen LogP contribution in [0.3, 0.4) is 0 Å². The molecule has 1 amide bonds. The molecule has 0 saturated heterocycles. The van der Waals surface area contributed by atoms with Crippen LogP contribution in [-0.2, 0) is 20.9 Å². The van der Waals surface area contributed by atoms with Gasteiger partial charge in [0.05, 0.1) is 12.7 Å². The van der Waals surface area contributed by atoms with Crippen molar-refractivity contribution in [2.45, 2.75) is 64.2 Å². The molecule has 1 aromatic carbocycles. The van der Waals surface area contributed by atoms with Gasteiger partial charge in [-0.15, -0.1) is 0 Å². The Labute approximate surface area is 154 Å². The van der Waals surface area contributed by atoms with Crippen molar-refractivity contribution in [3.8, 4) is 0 Å². The Morgan fingerprint density at radius 2 is 1.88 bits per heavy atom. The molecule has 2 rings (SSSR count). The number of nitrogens with one attached hydrogen (secondary N) is 1. The zero-order valence-corrected chi connectivity index (χ0v) is 15.4. The third-order valence-electron chi connectivity index (χ3n) is 4.79. The number of aliphatic carboxylic acids is 1. The van der Waals surface area contributed by atoms with E-state index in [0.29, 0.717) is 0 Å². The number of ether oxygens (including phenoxy) is 2. The molecule has 26 heavy (non-hydrogen) atoms. The van der Waals surface area contributed by atoms with Crippen molar-refractivity contribution in [1.82, 2.24) is 5.32 Å². The second kappa shape index (κ2) is 10.8. The summed E-state index contributed by atoms with van der Waals surface area (Å²) in [6.45, 7) is 2.25. The quantitative estimate of drug-likeness (QED) is 0.698. The van der Waals surface area contributed by atoms with Gasteiger partial charge in [-0.3, -0.25) is 0 Å². The molecule has 0 aliphatic heterocycles. The molecule has 0 spiro atoms. The molecule has 1 unspecified atom stereocenters. The highest BCUT2D eigenvalue weighted by Crippen LogP contribution is 2.29. The summed E-state index contributed by atoms with van der Waals surface area (Å²) in [4.78, 5) is 23.2. The number of amides is 1. The van der Waals surface area contributed by atoms with E-state index in [1.54, 1.807) is 0 Å². The highest BCUT2D eigenvalue weighted by atomic mass is 16.5. The maximum atomic E-state index is 11.8. The largest absolute Gasteiger partial charge is 0.480 e. The summed E-state index contributed by atoms with van der Waals surface area (Å²) in [6.07, 6.45) is 5.94. The summed E-state index contributed by atoms with van der Waals surface area (Å²) in [5.41, 5.74) is 0.842. The SMILES string of the molecule is CCCC1CCC(OCC(NC(=O)OCc2ccccc2)C(=O)O)CC1. The standard InChI is InChI=1S/C20H29NO5/c1-2-6-15-9-11-17(12-10-15)25-14-18(19(22)23)21-20(24)26-13-16-7-4-3-5-8-16/h3-5,7-8,15,17-18H,2,6,9-14H2,1H3,(H,21,24)(H,22,23). The molecule has 0 radical (unpaired) electrons. The average Bonchev–Trinajstić information content (AvgIpc) is 2.65. The van der Waals surface area contributed by atoms with Crippen LogP contribution >= 0.6 is 0 Å². The van der Waals surface area contributed by atoms with Crippen LogP contribution < -0.4 is 5.32 Å². The van der Waals surface area contributed by atoms with Crippen molar-refractivity contribution in [3.05, 3.63) is 35.9 Å². The maximum Gasteiger partial charge on any atom is 0.408 e. The number of hydrogen-bond donors (Lipinski definition) is 2. The first-order chi connectivity index (χ1) is 12.6. The third kappa shape index (κ3) is 7.04. The lowest BCUT2D eigenvalue weighted by molar-refractivity contribution is -0.142. The smallest absolute Gasteiger partial charge is 0.408 e. The van der Waals surface area contributed by atoms with E-state index in [4.69, 9.17) is 9.47 Å². The summed E-state index contributed by atoms with van der Waals surface area (Å²) in [5, 5.41) is 11.7. The lowest BCUT2D eigenvalue weighted by atomic mass is 9.85. The first-order valence-electron chi connectivity index (χ1n) is 9.40. The van der Waals surface area contributed by atoms with Gasteiger partial charge in [-0.2, -0.15) is 0 Å². The van der Waals surface area contributed by atoms with E-state index < -0.39 is 18.1 Å². The third-order valence-corrected chi connectivity index (χ3v) is 4.79. The molecule has 1 saturated carbocycles. The molecule has 1 atom stereocenters. The molecule has 6 heteroatoms. The van der Waals surface area contributed by atoms with Crippen LogP contribution in [0, 0.1) is 5.92 Å². The predicted molar refractivity (Wildman–Crippen MR) is 97.8 cm³/mol. The van der Waals surface area contributed by atoms with E-state index in [1.807, 2.05) is 30.3 Å². The maximum absolute atomic E-state index is 11.8. The number of carbonyl (C=O) groups is 2. The second-order valence-corrected chi connectivity index (χ2v) is 6.86. The van der Waals surface area contributed by atoms with E-state index in [9.17, 15) is 14.7 Å². The first kappa shape index (κ1) is 20.2. The molecule has 0 bridgehead atoms. The lowest BCUT2D eigenvalue weighted by Crippen LogP contribution is -2.45. The van der Waals surface area contributed by atoms with Gasteiger partial charge in [0, 0.05) is 0 Å². The van der Waals surface area contributed by atoms with E-state index >= 15 is 0 Å². The minimum atomic E-state index is -1.12. The molecule has 1 aliphatic rings. The predicted octanol–water partition coefficient (Wildman–Crippen LogP) is 3.74. The summed E-state index contributed by atoms with van der Waals surface area (Å²) in [6, 6.07) is 8.13. The van der Waals surface area contributed by atoms with Gasteiger partial charge in [0.15, 0.2) is 6.04 Å². The summed E-state index contributed by atoms with van der Waals surface area (Å²) >= 11 is 0. The van der Waals surface area contributed by atoms with Gasteiger partial charge in [-0.1, -0.05) is 50.1 Å². The average molecular weight is 363 g/mol. The number of carboxylic acid groups (broad SMARTS) is 1. The van der Waals surface area contributed by atoms with Crippen molar-refractivity contribution in [2.24, 2.45) is 5.92 Å². The van der Waals surface area contributed by atoms with Crippen LogP contribution in [0.2, 0.25) is 0 Å². The minimum Gasteiger partial charge on any atom is -0.480 e. The van der Waals surface area contributed by atoms with E-state index in [2.05, 4.69) is 12.2 Å².